The van der Waals surface area contributed by atoms with E-state index < -0.39 is 6.04 Å². The Hall–Kier alpha value is -3.30. The van der Waals surface area contributed by atoms with Crippen molar-refractivity contribution in [2.75, 3.05) is 18.8 Å². The monoisotopic (exact) mass is 670 g/mol. The van der Waals surface area contributed by atoms with E-state index in [0.717, 1.165) is 14.6 Å². The summed E-state index contributed by atoms with van der Waals surface area (Å²) in [7, 11) is 0. The van der Waals surface area contributed by atoms with Gasteiger partial charge in [-0.1, -0.05) is 0 Å². The van der Waals surface area contributed by atoms with Crippen molar-refractivity contribution in [2.24, 2.45) is 28.5 Å². The van der Waals surface area contributed by atoms with Gasteiger partial charge in [-0.25, -0.2) is 15.0 Å². The Kier molecular flexibility index (Phi) is 8.18. The maximum Gasteiger partial charge on any atom is 0.350 e. The molecule has 13 nitrogen and oxygen atoms in total. The lowest BCUT2D eigenvalue weighted by molar-refractivity contribution is -0.358. The van der Waals surface area contributed by atoms with Crippen LogP contribution in [0.1, 0.15) is 32.6 Å². The SMILES string of the molecule is NC1=NC([C@H]2[C@H](CNC(=O)c3cc(Br)c[nH]3)[C@@H](CNC(=O)c3cc(Br)c[nH]3)[C@@H]2c2c[nH+]c(N)[nH]2)C(=O)N1.[Cl-]. The van der Waals surface area contributed by atoms with Crippen molar-refractivity contribution >= 4 is 61.5 Å². The average molecular weight is 673 g/mol. The van der Waals surface area contributed by atoms with Gasteiger partial charge in [0.2, 0.25) is 0 Å². The minimum absolute atomic E-state index is 0. The number of amides is 3. The molecule has 1 fully saturated rings. The lowest BCUT2D eigenvalue weighted by Crippen LogP contribution is -3.00. The number of carbonyl (C=O) groups excluding carboxylic acids is 3. The summed E-state index contributed by atoms with van der Waals surface area (Å²) in [5, 5.41) is 8.49. The van der Waals surface area contributed by atoms with Gasteiger partial charge in [-0.05, 0) is 55.8 Å². The first-order valence-corrected chi connectivity index (χ1v) is 13.0. The molecular weight excluding hydrogens is 648 g/mol. The Labute approximate surface area is 239 Å². The number of imidazole rings is 1. The summed E-state index contributed by atoms with van der Waals surface area (Å²) in [6, 6.07) is 2.61. The number of rotatable bonds is 8. The van der Waals surface area contributed by atoms with Crippen molar-refractivity contribution in [2.45, 2.75) is 12.0 Å². The molecule has 0 spiro atoms. The van der Waals surface area contributed by atoms with Crippen molar-refractivity contribution < 1.29 is 31.8 Å². The second-order valence-electron chi connectivity index (χ2n) is 9.05. The van der Waals surface area contributed by atoms with Crippen molar-refractivity contribution in [1.29, 1.82) is 0 Å². The number of aliphatic imine (C=N–C) groups is 1. The summed E-state index contributed by atoms with van der Waals surface area (Å²) in [6.45, 7) is 0.544. The molecule has 1 unspecified atom stereocenters. The molecule has 3 amide bonds. The maximum atomic E-state index is 12.8. The number of H-pyrrole nitrogens is 4. The van der Waals surface area contributed by atoms with E-state index >= 15 is 0 Å². The molecule has 0 aromatic carbocycles. The number of aromatic amines is 4. The molecule has 2 aliphatic rings. The van der Waals surface area contributed by atoms with Crippen LogP contribution in [0.5, 0.6) is 0 Å². The number of nitrogens with one attached hydrogen (secondary N) is 7. The van der Waals surface area contributed by atoms with Crippen LogP contribution < -0.4 is 44.8 Å². The van der Waals surface area contributed by atoms with Crippen LogP contribution in [0.2, 0.25) is 0 Å². The highest BCUT2D eigenvalue weighted by Gasteiger charge is 2.58. The molecule has 1 aliphatic carbocycles. The molecule has 0 saturated heterocycles. The van der Waals surface area contributed by atoms with Crippen LogP contribution in [0, 0.1) is 17.8 Å². The summed E-state index contributed by atoms with van der Waals surface area (Å²) in [4.78, 5) is 54.5. The summed E-state index contributed by atoms with van der Waals surface area (Å²) in [5.74, 6) is -1.36. The third kappa shape index (κ3) is 5.44. The maximum absolute atomic E-state index is 12.8. The Bertz CT molecular complexity index is 1380. The van der Waals surface area contributed by atoms with E-state index in [1.807, 2.05) is 0 Å². The minimum Gasteiger partial charge on any atom is -1.00 e. The zero-order chi connectivity index (χ0) is 26.3. The lowest BCUT2D eigenvalue weighted by atomic mass is 9.53. The molecule has 1 aliphatic heterocycles. The van der Waals surface area contributed by atoms with Gasteiger partial charge in [-0.15, -0.1) is 0 Å². The average Bonchev–Trinajstić information content (AvgIpc) is 3.63. The van der Waals surface area contributed by atoms with E-state index in [-0.39, 0.29) is 72.8 Å². The highest BCUT2D eigenvalue weighted by atomic mass is 79.9. The lowest BCUT2D eigenvalue weighted by Gasteiger charge is -2.52. The van der Waals surface area contributed by atoms with Crippen molar-refractivity contribution in [1.82, 2.24) is 30.9 Å². The van der Waals surface area contributed by atoms with Gasteiger partial charge in [0.25, 0.3) is 17.7 Å². The first-order valence-electron chi connectivity index (χ1n) is 11.5. The van der Waals surface area contributed by atoms with Gasteiger partial charge in [0.05, 0.1) is 6.20 Å². The van der Waals surface area contributed by atoms with E-state index in [0.29, 0.717) is 17.3 Å². The predicted molar refractivity (Wildman–Crippen MR) is 140 cm³/mol. The second-order valence-corrected chi connectivity index (χ2v) is 10.9. The largest absolute Gasteiger partial charge is 1.00 e. The molecule has 0 radical (unpaired) electrons. The number of hydrogen-bond acceptors (Lipinski definition) is 6. The van der Waals surface area contributed by atoms with Crippen LogP contribution in [-0.2, 0) is 4.79 Å². The van der Waals surface area contributed by atoms with Crippen molar-refractivity contribution in [3.05, 3.63) is 56.8 Å². The number of anilines is 1. The molecule has 3 aromatic heterocycles. The molecule has 1 saturated carbocycles. The first-order chi connectivity index (χ1) is 17.7. The number of carbonyl (C=O) groups is 3. The highest BCUT2D eigenvalue weighted by molar-refractivity contribution is 9.10. The fourth-order valence-corrected chi connectivity index (χ4v) is 5.95. The summed E-state index contributed by atoms with van der Waals surface area (Å²) in [5.41, 5.74) is 13.3. The van der Waals surface area contributed by atoms with Crippen LogP contribution in [0.15, 0.2) is 44.7 Å². The van der Waals surface area contributed by atoms with Gasteiger partial charge in [-0.3, -0.25) is 25.4 Å². The fraction of sp³-hybridized carbons (Fsp3) is 0.318. The Morgan fingerprint density at radius 3 is 2.03 bits per heavy atom. The topological polar surface area (TPSA) is 213 Å². The van der Waals surface area contributed by atoms with Gasteiger partial charge in [0, 0.05) is 46.3 Å². The normalized spacial score (nSPS) is 24.1. The van der Waals surface area contributed by atoms with E-state index in [2.05, 4.69) is 72.7 Å². The van der Waals surface area contributed by atoms with E-state index in [1.165, 1.54) is 0 Å². The third-order valence-corrected chi connectivity index (χ3v) is 7.80. The Morgan fingerprint density at radius 1 is 1.00 bits per heavy atom. The van der Waals surface area contributed by atoms with E-state index in [9.17, 15) is 14.4 Å². The van der Waals surface area contributed by atoms with Crippen LogP contribution in [-0.4, -0.2) is 57.8 Å². The van der Waals surface area contributed by atoms with Gasteiger partial charge in [0.1, 0.15) is 23.1 Å². The van der Waals surface area contributed by atoms with Gasteiger partial charge < -0.3 is 38.7 Å². The van der Waals surface area contributed by atoms with Crippen molar-refractivity contribution in [3.63, 3.8) is 0 Å². The minimum atomic E-state index is -0.748. The zero-order valence-electron chi connectivity index (χ0n) is 19.6. The Morgan fingerprint density at radius 2 is 1.58 bits per heavy atom. The van der Waals surface area contributed by atoms with Crippen LogP contribution in [0.3, 0.4) is 0 Å². The van der Waals surface area contributed by atoms with Gasteiger partial charge >= 0.3 is 5.95 Å². The number of hydrogen-bond donors (Lipinski definition) is 8. The number of guanidine groups is 1. The summed E-state index contributed by atoms with van der Waals surface area (Å²) < 4.78 is 1.51. The zero-order valence-corrected chi connectivity index (χ0v) is 23.6. The van der Waals surface area contributed by atoms with Crippen LogP contribution >= 0.6 is 31.9 Å². The number of nitrogens with zero attached hydrogens (tertiary/aromatic N) is 1. The molecule has 38 heavy (non-hydrogen) atoms. The fourth-order valence-electron chi connectivity index (χ4n) is 5.27. The molecule has 11 N–H and O–H groups in total. The number of halogens is 3. The van der Waals surface area contributed by atoms with E-state index in [4.69, 9.17) is 11.5 Å². The predicted octanol–water partition coefficient (Wildman–Crippen LogP) is -2.78. The van der Waals surface area contributed by atoms with Gasteiger partial charge in [-0.2, -0.15) is 0 Å². The van der Waals surface area contributed by atoms with Gasteiger partial charge in [0.15, 0.2) is 5.96 Å². The molecule has 5 rings (SSSR count). The second kappa shape index (κ2) is 11.2. The molecule has 5 atom stereocenters. The quantitative estimate of drug-likeness (QED) is 0.127. The first kappa shape index (κ1) is 27.7. The standard InChI is InChI=1S/C22H24Br2N10O3.ClH/c23-8-1-12(27-3-8)18(35)29-5-10-11(6-30-19(36)13-2-9(24)4-28-13)16(17-20(37)34-22(26)33-17)15(10)14-7-31-21(25)32-14;/h1-4,7,10-11,15-17,27-28H,5-6H2,(H,29,35)(H,30,36)(H3,25,31,32)(H3,26,33,34,37);1H/t10-,11-,15-,16+,17?;/m1./s1. The number of nitrogen functional groups attached to an aromatic ring is 1. The molecule has 202 valence electrons. The number of nitrogens with two attached hydrogens (primary N) is 2. The molecule has 16 heteroatoms. The summed E-state index contributed by atoms with van der Waals surface area (Å²) >= 11 is 6.66. The van der Waals surface area contributed by atoms with Crippen molar-refractivity contribution in [3.8, 4) is 0 Å². The smallest absolute Gasteiger partial charge is 0.350 e. The van der Waals surface area contributed by atoms with Crippen LogP contribution in [0.4, 0.5) is 5.95 Å². The third-order valence-electron chi connectivity index (χ3n) is 6.89. The summed E-state index contributed by atoms with van der Waals surface area (Å²) in [6.07, 6.45) is 5.09. The Balaban J connectivity index is 0.00000336. The molecular formula is C22H25Br2ClN10O3. The molecule has 4 heterocycles. The van der Waals surface area contributed by atoms with Crippen LogP contribution in [0.25, 0.3) is 0 Å². The van der Waals surface area contributed by atoms with E-state index in [1.54, 1.807) is 30.7 Å². The highest BCUT2D eigenvalue weighted by Crippen LogP contribution is 2.54. The number of aromatic nitrogens is 4. The molecule has 0 bridgehead atoms. The molecule has 3 aromatic rings.